The highest BCUT2D eigenvalue weighted by atomic mass is 14.9. The van der Waals surface area contributed by atoms with Crippen molar-refractivity contribution in [1.29, 1.82) is 5.53 Å². The number of nitrogens with one attached hydrogen (secondary N) is 1. The molecule has 0 bridgehead atoms. The Bertz CT molecular complexity index is 34.5. The summed E-state index contributed by atoms with van der Waals surface area (Å²) < 4.78 is 0. The first-order chi connectivity index (χ1) is 2.91. The van der Waals surface area contributed by atoms with Crippen LogP contribution in [0.5, 0.6) is 0 Å². The molecule has 0 aromatic carbocycles. The van der Waals surface area contributed by atoms with Gasteiger partial charge in [0.2, 0.25) is 0 Å². The van der Waals surface area contributed by atoms with Gasteiger partial charge in [-0.3, -0.25) is 0 Å². The highest BCUT2D eigenvalue weighted by Gasteiger charge is 1.73. The first-order valence-electron chi connectivity index (χ1n) is 2.25. The molecule has 0 amide bonds. The third-order valence-corrected chi connectivity index (χ3v) is 0.623. The second kappa shape index (κ2) is 4.60. The molecule has 0 aliphatic heterocycles. The number of rotatable bonds is 3. The Labute approximate surface area is 38.1 Å². The molecule has 0 saturated heterocycles. The molecular formula is C4H10N2. The van der Waals surface area contributed by atoms with Gasteiger partial charge in [-0.1, -0.05) is 13.3 Å². The third-order valence-electron chi connectivity index (χ3n) is 0.623. The monoisotopic (exact) mass is 86.1 g/mol. The zero-order valence-corrected chi connectivity index (χ0v) is 4.07. The predicted molar refractivity (Wildman–Crippen MR) is 24.9 cm³/mol. The van der Waals surface area contributed by atoms with E-state index in [9.17, 15) is 0 Å². The fraction of sp³-hybridized carbons (Fsp3) is 1.00. The molecule has 1 N–H and O–H groups in total. The Kier molecular flexibility index (Phi) is 4.29. The quantitative estimate of drug-likeness (QED) is 0.401. The van der Waals surface area contributed by atoms with Gasteiger partial charge in [-0.2, -0.15) is 5.11 Å². The topological polar surface area (TPSA) is 36.2 Å². The Hall–Kier alpha value is -0.400. The lowest BCUT2D eigenvalue weighted by atomic mass is 10.3. The van der Waals surface area contributed by atoms with Crippen LogP contribution in [0.25, 0.3) is 0 Å². The van der Waals surface area contributed by atoms with E-state index in [1.165, 1.54) is 0 Å². The second-order valence-electron chi connectivity index (χ2n) is 1.24. The van der Waals surface area contributed by atoms with Crippen molar-refractivity contribution in [3.05, 3.63) is 0 Å². The van der Waals surface area contributed by atoms with Gasteiger partial charge in [-0.15, -0.1) is 0 Å². The van der Waals surface area contributed by atoms with E-state index in [1.807, 2.05) is 0 Å². The van der Waals surface area contributed by atoms with Crippen molar-refractivity contribution in [2.24, 2.45) is 5.11 Å². The van der Waals surface area contributed by atoms with Gasteiger partial charge in [0.25, 0.3) is 0 Å². The van der Waals surface area contributed by atoms with Crippen molar-refractivity contribution in [2.75, 3.05) is 6.54 Å². The van der Waals surface area contributed by atoms with Gasteiger partial charge in [0.05, 0.1) is 6.54 Å². The van der Waals surface area contributed by atoms with E-state index in [-0.39, 0.29) is 0 Å². The second-order valence-corrected chi connectivity index (χ2v) is 1.24. The lowest BCUT2D eigenvalue weighted by Gasteiger charge is -1.80. The Balaban J connectivity index is 2.49. The van der Waals surface area contributed by atoms with Gasteiger partial charge in [0.1, 0.15) is 0 Å². The molecule has 2 heteroatoms. The summed E-state index contributed by atoms with van der Waals surface area (Å²) in [6.07, 6.45) is 2.20. The SMILES string of the molecule is CCCCN=N. The van der Waals surface area contributed by atoms with E-state index < -0.39 is 0 Å². The van der Waals surface area contributed by atoms with Gasteiger partial charge >= 0.3 is 0 Å². The predicted octanol–water partition coefficient (Wildman–Crippen LogP) is 1.82. The lowest BCUT2D eigenvalue weighted by molar-refractivity contribution is 0.763. The minimum absolute atomic E-state index is 0.705. The van der Waals surface area contributed by atoms with Crippen molar-refractivity contribution >= 4 is 0 Å². The summed E-state index contributed by atoms with van der Waals surface area (Å²) in [5.74, 6) is 0. The molecule has 0 aromatic heterocycles. The van der Waals surface area contributed by atoms with Crippen molar-refractivity contribution in [3.63, 3.8) is 0 Å². The minimum atomic E-state index is 0.705. The van der Waals surface area contributed by atoms with Crippen molar-refractivity contribution in [3.8, 4) is 0 Å². The molecule has 6 heavy (non-hydrogen) atoms. The maximum Gasteiger partial charge on any atom is 0.0596 e. The molecule has 0 aliphatic carbocycles. The van der Waals surface area contributed by atoms with Gasteiger partial charge < -0.3 is 0 Å². The van der Waals surface area contributed by atoms with Crippen LogP contribution in [0.3, 0.4) is 0 Å². The van der Waals surface area contributed by atoms with Crippen LogP contribution in [-0.4, -0.2) is 6.54 Å². The standard InChI is InChI=1S/C4H10N2/c1-2-3-4-6-5/h5H,2-4H2,1H3. The van der Waals surface area contributed by atoms with Crippen LogP contribution in [-0.2, 0) is 0 Å². The van der Waals surface area contributed by atoms with Crippen LogP contribution < -0.4 is 0 Å². The molecule has 0 fully saturated rings. The van der Waals surface area contributed by atoms with E-state index in [0.717, 1.165) is 12.8 Å². The molecule has 0 aliphatic rings. The van der Waals surface area contributed by atoms with E-state index in [1.54, 1.807) is 0 Å². The molecular weight excluding hydrogens is 76.1 g/mol. The largest absolute Gasteiger partial charge is 0.210 e. The van der Waals surface area contributed by atoms with Crippen LogP contribution in [0.2, 0.25) is 0 Å². The zero-order chi connectivity index (χ0) is 4.83. The van der Waals surface area contributed by atoms with Crippen LogP contribution in [0.15, 0.2) is 5.11 Å². The van der Waals surface area contributed by atoms with Crippen LogP contribution >= 0.6 is 0 Å². The maximum atomic E-state index is 6.33. The summed E-state index contributed by atoms with van der Waals surface area (Å²) in [7, 11) is 0. The molecule has 0 rings (SSSR count). The first-order valence-corrected chi connectivity index (χ1v) is 2.25. The van der Waals surface area contributed by atoms with Crippen LogP contribution in [0.4, 0.5) is 0 Å². The molecule has 0 unspecified atom stereocenters. The molecule has 0 aromatic rings. The molecule has 0 spiro atoms. The lowest BCUT2D eigenvalue weighted by Crippen LogP contribution is -1.72. The Morgan fingerprint density at radius 2 is 2.33 bits per heavy atom. The van der Waals surface area contributed by atoms with E-state index in [2.05, 4.69) is 12.0 Å². The van der Waals surface area contributed by atoms with Gasteiger partial charge in [-0.05, 0) is 6.42 Å². The molecule has 0 saturated carbocycles. The fourth-order valence-electron chi connectivity index (χ4n) is 0.237. The highest BCUT2D eigenvalue weighted by Crippen LogP contribution is 1.83. The van der Waals surface area contributed by atoms with Crippen LogP contribution in [0.1, 0.15) is 19.8 Å². The summed E-state index contributed by atoms with van der Waals surface area (Å²) in [6, 6.07) is 0. The molecule has 0 radical (unpaired) electrons. The van der Waals surface area contributed by atoms with Crippen LogP contribution in [0, 0.1) is 5.53 Å². The van der Waals surface area contributed by atoms with Gasteiger partial charge in [0.15, 0.2) is 0 Å². The summed E-state index contributed by atoms with van der Waals surface area (Å²) >= 11 is 0. The average Bonchev–Trinajstić information content (AvgIpc) is 1.61. The fourth-order valence-corrected chi connectivity index (χ4v) is 0.237. The zero-order valence-electron chi connectivity index (χ0n) is 4.07. The van der Waals surface area contributed by atoms with Crippen molar-refractivity contribution in [2.45, 2.75) is 19.8 Å². The summed E-state index contributed by atoms with van der Waals surface area (Å²) in [5, 5.41) is 3.18. The average molecular weight is 86.1 g/mol. The van der Waals surface area contributed by atoms with Gasteiger partial charge in [0, 0.05) is 0 Å². The summed E-state index contributed by atoms with van der Waals surface area (Å²) in [4.78, 5) is 0. The highest BCUT2D eigenvalue weighted by molar-refractivity contribution is 4.32. The van der Waals surface area contributed by atoms with Crippen molar-refractivity contribution in [1.82, 2.24) is 0 Å². The Morgan fingerprint density at radius 3 is 2.50 bits per heavy atom. The normalized spacial score (nSPS) is 8.17. The molecule has 0 heterocycles. The molecule has 0 atom stereocenters. The molecule has 36 valence electrons. The maximum absolute atomic E-state index is 6.33. The number of nitrogens with zero attached hydrogens (tertiary/aromatic N) is 1. The number of unbranched alkanes of at least 4 members (excludes halogenated alkanes) is 1. The van der Waals surface area contributed by atoms with Gasteiger partial charge in [-0.25, -0.2) is 5.53 Å². The van der Waals surface area contributed by atoms with E-state index in [4.69, 9.17) is 5.53 Å². The van der Waals surface area contributed by atoms with E-state index in [0.29, 0.717) is 6.54 Å². The summed E-state index contributed by atoms with van der Waals surface area (Å²) in [6.45, 7) is 2.79. The molecule has 2 nitrogen and oxygen atoms in total. The smallest absolute Gasteiger partial charge is 0.0596 e. The minimum Gasteiger partial charge on any atom is -0.210 e. The first kappa shape index (κ1) is 5.60. The van der Waals surface area contributed by atoms with Crippen molar-refractivity contribution < 1.29 is 0 Å². The Morgan fingerprint density at radius 1 is 1.67 bits per heavy atom. The number of hydrogen-bond donors (Lipinski definition) is 1. The number of hydrogen-bond acceptors (Lipinski definition) is 2. The van der Waals surface area contributed by atoms with E-state index >= 15 is 0 Å². The summed E-state index contributed by atoms with van der Waals surface area (Å²) in [5.41, 5.74) is 6.33. The third kappa shape index (κ3) is 3.60.